The van der Waals surface area contributed by atoms with Crippen molar-refractivity contribution in [3.05, 3.63) is 46.6 Å². The van der Waals surface area contributed by atoms with Crippen molar-refractivity contribution in [1.82, 2.24) is 15.4 Å². The SMILES string of the molecule is CC(=O)OCOC(=O)c1[nH]nnc1Oc1ccc2cc(Br)ccc2c1. The molecule has 1 aromatic heterocycles. The van der Waals surface area contributed by atoms with Crippen LogP contribution in [0.15, 0.2) is 40.9 Å². The minimum absolute atomic E-state index is 0.0377. The summed E-state index contributed by atoms with van der Waals surface area (Å²) in [5, 5.41) is 11.7. The molecule has 0 aliphatic heterocycles. The highest BCUT2D eigenvalue weighted by atomic mass is 79.9. The Bertz CT molecular complexity index is 940. The molecule has 0 aliphatic carbocycles. The van der Waals surface area contributed by atoms with Crippen molar-refractivity contribution in [1.29, 1.82) is 0 Å². The molecule has 128 valence electrons. The Kier molecular flexibility index (Phi) is 4.94. The molecule has 0 aliphatic rings. The first-order valence-corrected chi connectivity index (χ1v) is 7.91. The van der Waals surface area contributed by atoms with Gasteiger partial charge in [-0.05, 0) is 35.0 Å². The molecule has 0 radical (unpaired) electrons. The van der Waals surface area contributed by atoms with E-state index in [4.69, 9.17) is 9.47 Å². The van der Waals surface area contributed by atoms with Gasteiger partial charge < -0.3 is 14.2 Å². The summed E-state index contributed by atoms with van der Waals surface area (Å²) >= 11 is 3.42. The molecule has 0 fully saturated rings. The second kappa shape index (κ2) is 7.31. The molecule has 0 saturated carbocycles. The number of ether oxygens (including phenoxy) is 3. The Hall–Kier alpha value is -2.94. The fraction of sp³-hybridized carbons (Fsp3) is 0.125. The third kappa shape index (κ3) is 4.13. The van der Waals surface area contributed by atoms with Gasteiger partial charge in [-0.25, -0.2) is 9.89 Å². The van der Waals surface area contributed by atoms with Crippen LogP contribution in [0.1, 0.15) is 17.4 Å². The highest BCUT2D eigenvalue weighted by Gasteiger charge is 2.19. The first kappa shape index (κ1) is 16.9. The number of hydrogen-bond donors (Lipinski definition) is 1. The van der Waals surface area contributed by atoms with Crippen molar-refractivity contribution in [2.45, 2.75) is 6.92 Å². The Balaban J connectivity index is 1.75. The lowest BCUT2D eigenvalue weighted by atomic mass is 10.1. The van der Waals surface area contributed by atoms with Gasteiger partial charge >= 0.3 is 11.9 Å². The smallest absolute Gasteiger partial charge is 0.365 e. The summed E-state index contributed by atoms with van der Waals surface area (Å²) in [4.78, 5) is 22.6. The summed E-state index contributed by atoms with van der Waals surface area (Å²) in [5.41, 5.74) is -0.0805. The molecule has 9 heteroatoms. The van der Waals surface area contributed by atoms with Crippen molar-refractivity contribution >= 4 is 38.6 Å². The van der Waals surface area contributed by atoms with Crippen LogP contribution >= 0.6 is 15.9 Å². The number of fused-ring (bicyclic) bond motifs is 1. The van der Waals surface area contributed by atoms with Crippen LogP contribution in [0, 0.1) is 0 Å². The van der Waals surface area contributed by atoms with E-state index in [9.17, 15) is 9.59 Å². The van der Waals surface area contributed by atoms with E-state index in [2.05, 4.69) is 36.1 Å². The van der Waals surface area contributed by atoms with Gasteiger partial charge in [-0.1, -0.05) is 38.4 Å². The van der Waals surface area contributed by atoms with Gasteiger partial charge in [0.15, 0.2) is 0 Å². The predicted octanol–water partition coefficient (Wildman–Crippen LogP) is 3.19. The van der Waals surface area contributed by atoms with Crippen LogP contribution in [0.3, 0.4) is 0 Å². The lowest BCUT2D eigenvalue weighted by molar-refractivity contribution is -0.149. The van der Waals surface area contributed by atoms with E-state index >= 15 is 0 Å². The first-order chi connectivity index (χ1) is 12.0. The van der Waals surface area contributed by atoms with Gasteiger partial charge in [0.05, 0.1) is 0 Å². The normalized spacial score (nSPS) is 10.5. The van der Waals surface area contributed by atoms with Crippen LogP contribution in [-0.4, -0.2) is 34.1 Å². The van der Waals surface area contributed by atoms with Crippen LogP contribution in [0.2, 0.25) is 0 Å². The van der Waals surface area contributed by atoms with E-state index < -0.39 is 18.7 Å². The molecule has 0 atom stereocenters. The largest absolute Gasteiger partial charge is 0.436 e. The van der Waals surface area contributed by atoms with E-state index in [0.717, 1.165) is 15.2 Å². The standard InChI is InChI=1S/C16H12BrN3O5/c1-9(21)23-8-24-16(22)14-15(19-20-18-14)25-13-5-3-10-6-12(17)4-2-11(10)7-13/h2-7H,8H2,1H3,(H,18,19,20). The Morgan fingerprint density at radius 3 is 2.68 bits per heavy atom. The topological polar surface area (TPSA) is 103 Å². The number of aromatic amines is 1. The second-order valence-electron chi connectivity index (χ2n) is 4.93. The third-order valence-electron chi connectivity index (χ3n) is 3.16. The van der Waals surface area contributed by atoms with Gasteiger partial charge in [0, 0.05) is 11.4 Å². The van der Waals surface area contributed by atoms with Crippen molar-refractivity contribution in [3.63, 3.8) is 0 Å². The molecule has 1 N–H and O–H groups in total. The summed E-state index contributed by atoms with van der Waals surface area (Å²) in [5.74, 6) is -0.914. The number of hydrogen-bond acceptors (Lipinski definition) is 7. The van der Waals surface area contributed by atoms with Gasteiger partial charge in [-0.2, -0.15) is 0 Å². The number of esters is 2. The Morgan fingerprint density at radius 1 is 1.12 bits per heavy atom. The minimum Gasteiger partial charge on any atom is -0.436 e. The van der Waals surface area contributed by atoms with Crippen molar-refractivity contribution in [3.8, 4) is 11.6 Å². The van der Waals surface area contributed by atoms with Crippen molar-refractivity contribution in [2.75, 3.05) is 6.79 Å². The van der Waals surface area contributed by atoms with Gasteiger partial charge in [-0.15, -0.1) is 0 Å². The number of carbonyl (C=O) groups is 2. The van der Waals surface area contributed by atoms with Gasteiger partial charge in [0.25, 0.3) is 5.88 Å². The van der Waals surface area contributed by atoms with Crippen LogP contribution in [0.25, 0.3) is 10.8 Å². The molecule has 25 heavy (non-hydrogen) atoms. The number of nitrogens with zero attached hydrogens (tertiary/aromatic N) is 2. The minimum atomic E-state index is -0.800. The van der Waals surface area contributed by atoms with Crippen LogP contribution in [0.4, 0.5) is 0 Å². The lowest BCUT2D eigenvalue weighted by Gasteiger charge is -2.06. The van der Waals surface area contributed by atoms with Gasteiger partial charge in [0.1, 0.15) is 5.75 Å². The quantitative estimate of drug-likeness (QED) is 0.513. The average Bonchev–Trinajstić information content (AvgIpc) is 3.03. The van der Waals surface area contributed by atoms with Gasteiger partial charge in [-0.3, -0.25) is 4.79 Å². The van der Waals surface area contributed by atoms with Crippen LogP contribution in [-0.2, 0) is 14.3 Å². The zero-order valence-corrected chi connectivity index (χ0v) is 14.6. The summed E-state index contributed by atoms with van der Waals surface area (Å²) < 4.78 is 15.9. The summed E-state index contributed by atoms with van der Waals surface area (Å²) in [7, 11) is 0. The molecular formula is C16H12BrN3O5. The number of halogens is 1. The molecule has 0 saturated heterocycles. The fourth-order valence-electron chi connectivity index (χ4n) is 2.03. The maximum Gasteiger partial charge on any atom is 0.365 e. The number of rotatable bonds is 5. The molecule has 1 heterocycles. The number of nitrogens with one attached hydrogen (secondary N) is 1. The number of carbonyl (C=O) groups excluding carboxylic acids is 2. The Morgan fingerprint density at radius 2 is 1.88 bits per heavy atom. The number of aromatic nitrogens is 3. The molecule has 0 unspecified atom stereocenters. The number of H-pyrrole nitrogens is 1. The van der Waals surface area contributed by atoms with Crippen LogP contribution in [0.5, 0.6) is 11.6 Å². The maximum absolute atomic E-state index is 11.9. The average molecular weight is 406 g/mol. The summed E-state index contributed by atoms with van der Waals surface area (Å²) in [6.45, 7) is 0.704. The van der Waals surface area contributed by atoms with Crippen molar-refractivity contribution < 1.29 is 23.8 Å². The van der Waals surface area contributed by atoms with E-state index in [1.54, 1.807) is 6.07 Å². The monoisotopic (exact) mass is 405 g/mol. The number of benzene rings is 2. The van der Waals surface area contributed by atoms with Gasteiger partial charge in [0.2, 0.25) is 12.5 Å². The maximum atomic E-state index is 11.9. The molecule has 0 spiro atoms. The van der Waals surface area contributed by atoms with Crippen molar-refractivity contribution in [2.24, 2.45) is 0 Å². The summed E-state index contributed by atoms with van der Waals surface area (Å²) in [6, 6.07) is 11.3. The highest BCUT2D eigenvalue weighted by molar-refractivity contribution is 9.10. The van der Waals surface area contributed by atoms with E-state index in [-0.39, 0.29) is 11.6 Å². The Labute approximate surface area is 150 Å². The zero-order chi connectivity index (χ0) is 17.8. The molecule has 0 amide bonds. The first-order valence-electron chi connectivity index (χ1n) is 7.11. The zero-order valence-electron chi connectivity index (χ0n) is 13.0. The molecule has 3 rings (SSSR count). The summed E-state index contributed by atoms with van der Waals surface area (Å²) in [6.07, 6.45) is 0. The van der Waals surface area contributed by atoms with E-state index in [0.29, 0.717) is 5.75 Å². The third-order valence-corrected chi connectivity index (χ3v) is 3.65. The van der Waals surface area contributed by atoms with Crippen LogP contribution < -0.4 is 4.74 Å². The fourth-order valence-corrected chi connectivity index (χ4v) is 2.41. The molecule has 3 aromatic rings. The molecule has 8 nitrogen and oxygen atoms in total. The van der Waals surface area contributed by atoms with E-state index in [1.807, 2.05) is 30.3 Å². The molecule has 0 bridgehead atoms. The predicted molar refractivity (Wildman–Crippen MR) is 90.2 cm³/mol. The highest BCUT2D eigenvalue weighted by Crippen LogP contribution is 2.27. The molecule has 2 aromatic carbocycles. The molecular weight excluding hydrogens is 394 g/mol. The lowest BCUT2D eigenvalue weighted by Crippen LogP contribution is -2.12. The van der Waals surface area contributed by atoms with E-state index in [1.165, 1.54) is 6.92 Å². The second-order valence-corrected chi connectivity index (χ2v) is 5.85.